The number of piperazine rings is 1. The van der Waals surface area contributed by atoms with E-state index in [4.69, 9.17) is 14.7 Å². The number of nitrogens with zero attached hydrogens (tertiary/aromatic N) is 3. The first-order valence-electron chi connectivity index (χ1n) is 9.70. The molecule has 2 amide bonds. The number of nitrogens with one attached hydrogen (secondary N) is 1. The maximum Gasteiger partial charge on any atom is 0.277 e. The number of carbonyl (C=O) groups excluding carboxylic acids is 2. The quantitative estimate of drug-likeness (QED) is 0.697. The zero-order valence-electron chi connectivity index (χ0n) is 16.3. The lowest BCUT2D eigenvalue weighted by atomic mass is 10.2. The van der Waals surface area contributed by atoms with Crippen LogP contribution < -0.4 is 14.4 Å². The van der Waals surface area contributed by atoms with Crippen molar-refractivity contribution < 1.29 is 24.0 Å². The number of likely N-dealkylation sites (tertiary alicyclic amines) is 1. The molecule has 0 radical (unpaired) electrons. The van der Waals surface area contributed by atoms with E-state index in [1.807, 2.05) is 11.0 Å². The molecule has 0 atom stereocenters. The van der Waals surface area contributed by atoms with Gasteiger partial charge in [0.2, 0.25) is 0 Å². The van der Waals surface area contributed by atoms with E-state index >= 15 is 0 Å². The van der Waals surface area contributed by atoms with Gasteiger partial charge in [0.25, 0.3) is 11.8 Å². The monoisotopic (exact) mass is 387 g/mol. The Bertz CT molecular complexity index is 747. The Kier molecular flexibility index (Phi) is 6.71. The molecule has 1 aromatic carbocycles. The lowest BCUT2D eigenvalue weighted by Crippen LogP contribution is -3.15. The topological polar surface area (TPSA) is 87.3 Å². The van der Waals surface area contributed by atoms with Crippen molar-refractivity contribution in [1.29, 1.82) is 5.26 Å². The van der Waals surface area contributed by atoms with E-state index in [1.165, 1.54) is 12.0 Å². The third-order valence-corrected chi connectivity index (χ3v) is 5.33. The van der Waals surface area contributed by atoms with Gasteiger partial charge in [-0.05, 0) is 25.0 Å². The Morgan fingerprint density at radius 2 is 1.75 bits per heavy atom. The van der Waals surface area contributed by atoms with Crippen LogP contribution in [0.4, 0.5) is 0 Å². The predicted octanol–water partition coefficient (Wildman–Crippen LogP) is -0.705. The SMILES string of the molecule is COc1cc(C#N)ccc1OCC(=O)N1CC[NH+](CC(=O)N2CCCC2)CC1. The van der Waals surface area contributed by atoms with E-state index < -0.39 is 0 Å². The summed E-state index contributed by atoms with van der Waals surface area (Å²) >= 11 is 0. The van der Waals surface area contributed by atoms with Crippen LogP contribution in [0.2, 0.25) is 0 Å². The highest BCUT2D eigenvalue weighted by Gasteiger charge is 2.28. The number of nitriles is 1. The highest BCUT2D eigenvalue weighted by atomic mass is 16.5. The molecule has 0 aromatic heterocycles. The molecule has 0 spiro atoms. The Balaban J connectivity index is 1.44. The summed E-state index contributed by atoms with van der Waals surface area (Å²) in [6.45, 7) is 4.98. The molecule has 2 saturated heterocycles. The fourth-order valence-electron chi connectivity index (χ4n) is 3.63. The molecular formula is C20H27N4O4+. The number of carbonyl (C=O) groups is 2. The fourth-order valence-corrected chi connectivity index (χ4v) is 3.63. The van der Waals surface area contributed by atoms with E-state index in [0.29, 0.717) is 36.7 Å². The van der Waals surface area contributed by atoms with Gasteiger partial charge in [-0.15, -0.1) is 0 Å². The first kappa shape index (κ1) is 20.0. The van der Waals surface area contributed by atoms with Gasteiger partial charge >= 0.3 is 0 Å². The molecular weight excluding hydrogens is 360 g/mol. The van der Waals surface area contributed by atoms with Crippen LogP contribution >= 0.6 is 0 Å². The molecule has 8 nitrogen and oxygen atoms in total. The molecule has 2 aliphatic rings. The fraction of sp³-hybridized carbons (Fsp3) is 0.550. The van der Waals surface area contributed by atoms with Crippen LogP contribution in [-0.2, 0) is 9.59 Å². The lowest BCUT2D eigenvalue weighted by molar-refractivity contribution is -0.896. The first-order valence-corrected chi connectivity index (χ1v) is 9.70. The van der Waals surface area contributed by atoms with Crippen LogP contribution in [0, 0.1) is 11.3 Å². The molecule has 0 aliphatic carbocycles. The van der Waals surface area contributed by atoms with Crippen LogP contribution in [0.5, 0.6) is 11.5 Å². The summed E-state index contributed by atoms with van der Waals surface area (Å²) in [6.07, 6.45) is 2.21. The number of methoxy groups -OCH3 is 1. The standard InChI is InChI=1S/C20H26N4O4/c1-27-18-12-16(13-21)4-5-17(18)28-15-20(26)24-10-8-22(9-11-24)14-19(25)23-6-2-3-7-23/h4-5,12H,2-3,6-11,14-15H2,1H3/p+1. The average molecular weight is 387 g/mol. The maximum atomic E-state index is 12.5. The second kappa shape index (κ2) is 9.42. The Morgan fingerprint density at radius 1 is 1.07 bits per heavy atom. The number of amides is 2. The highest BCUT2D eigenvalue weighted by molar-refractivity contribution is 5.78. The van der Waals surface area contributed by atoms with Crippen molar-refractivity contribution in [1.82, 2.24) is 9.80 Å². The first-order chi connectivity index (χ1) is 13.6. The molecule has 2 aliphatic heterocycles. The van der Waals surface area contributed by atoms with Crippen molar-refractivity contribution in [2.75, 3.05) is 59.5 Å². The van der Waals surface area contributed by atoms with Gasteiger partial charge in [-0.25, -0.2) is 0 Å². The molecule has 1 N–H and O–H groups in total. The molecule has 2 heterocycles. The van der Waals surface area contributed by atoms with Gasteiger partial charge in [-0.1, -0.05) is 0 Å². The maximum absolute atomic E-state index is 12.5. The Morgan fingerprint density at radius 3 is 2.39 bits per heavy atom. The van der Waals surface area contributed by atoms with Gasteiger partial charge in [0.15, 0.2) is 24.7 Å². The molecule has 0 unspecified atom stereocenters. The van der Waals surface area contributed by atoms with E-state index in [0.717, 1.165) is 39.0 Å². The van der Waals surface area contributed by atoms with Crippen molar-refractivity contribution in [3.63, 3.8) is 0 Å². The molecule has 3 rings (SSSR count). The van der Waals surface area contributed by atoms with Crippen LogP contribution in [0.3, 0.4) is 0 Å². The third kappa shape index (κ3) is 4.93. The normalized spacial score (nSPS) is 17.3. The van der Waals surface area contributed by atoms with Crippen LogP contribution in [0.15, 0.2) is 18.2 Å². The van der Waals surface area contributed by atoms with E-state index in [-0.39, 0.29) is 18.4 Å². The zero-order valence-corrected chi connectivity index (χ0v) is 16.3. The van der Waals surface area contributed by atoms with Crippen LogP contribution in [0.25, 0.3) is 0 Å². The highest BCUT2D eigenvalue weighted by Crippen LogP contribution is 2.27. The van der Waals surface area contributed by atoms with Gasteiger partial charge in [-0.2, -0.15) is 5.26 Å². The van der Waals surface area contributed by atoms with Gasteiger partial charge in [-0.3, -0.25) is 9.59 Å². The molecule has 2 fully saturated rings. The van der Waals surface area contributed by atoms with Crippen LogP contribution in [-0.4, -0.2) is 81.1 Å². The van der Waals surface area contributed by atoms with Gasteiger partial charge in [0.1, 0.15) is 0 Å². The number of rotatable bonds is 6. The average Bonchev–Trinajstić information content (AvgIpc) is 3.27. The molecule has 1 aromatic rings. The third-order valence-electron chi connectivity index (χ3n) is 5.33. The molecule has 28 heavy (non-hydrogen) atoms. The summed E-state index contributed by atoms with van der Waals surface area (Å²) in [7, 11) is 1.50. The number of ether oxygens (including phenoxy) is 2. The summed E-state index contributed by atoms with van der Waals surface area (Å²) in [5.74, 6) is 1.01. The van der Waals surface area contributed by atoms with Gasteiger partial charge < -0.3 is 24.2 Å². The van der Waals surface area contributed by atoms with Crippen molar-refractivity contribution in [2.24, 2.45) is 0 Å². The Labute approximate surface area is 165 Å². The smallest absolute Gasteiger partial charge is 0.277 e. The van der Waals surface area contributed by atoms with E-state index in [1.54, 1.807) is 23.1 Å². The number of quaternary nitrogens is 1. The molecule has 8 heteroatoms. The van der Waals surface area contributed by atoms with Crippen molar-refractivity contribution in [2.45, 2.75) is 12.8 Å². The van der Waals surface area contributed by atoms with Crippen molar-refractivity contribution in [3.05, 3.63) is 23.8 Å². The minimum absolute atomic E-state index is 0.0791. The summed E-state index contributed by atoms with van der Waals surface area (Å²) in [6, 6.07) is 6.89. The predicted molar refractivity (Wildman–Crippen MR) is 101 cm³/mol. The second-order valence-electron chi connectivity index (χ2n) is 7.16. The minimum atomic E-state index is -0.0867. The zero-order chi connectivity index (χ0) is 19.9. The summed E-state index contributed by atoms with van der Waals surface area (Å²) < 4.78 is 10.8. The van der Waals surface area contributed by atoms with E-state index in [9.17, 15) is 9.59 Å². The largest absolute Gasteiger partial charge is 0.493 e. The van der Waals surface area contributed by atoms with E-state index in [2.05, 4.69) is 0 Å². The number of hydrogen-bond donors (Lipinski definition) is 1. The lowest BCUT2D eigenvalue weighted by Gasteiger charge is -2.32. The number of benzene rings is 1. The molecule has 0 bridgehead atoms. The second-order valence-corrected chi connectivity index (χ2v) is 7.16. The summed E-state index contributed by atoms with van der Waals surface area (Å²) in [5.41, 5.74) is 0.470. The van der Waals surface area contributed by atoms with Gasteiger partial charge in [0, 0.05) is 19.2 Å². The molecule has 0 saturated carbocycles. The molecule has 150 valence electrons. The van der Waals surface area contributed by atoms with Gasteiger partial charge in [0.05, 0.1) is 44.9 Å². The minimum Gasteiger partial charge on any atom is -0.493 e. The van der Waals surface area contributed by atoms with Crippen molar-refractivity contribution >= 4 is 11.8 Å². The summed E-state index contributed by atoms with van der Waals surface area (Å²) in [4.78, 5) is 29.7. The van der Waals surface area contributed by atoms with Crippen molar-refractivity contribution in [3.8, 4) is 17.6 Å². The summed E-state index contributed by atoms with van der Waals surface area (Å²) in [5, 5.41) is 8.94. The van der Waals surface area contributed by atoms with Crippen LogP contribution in [0.1, 0.15) is 18.4 Å². The Hall–Kier alpha value is -2.79. The number of hydrogen-bond acceptors (Lipinski definition) is 5.